The van der Waals surface area contributed by atoms with Crippen LogP contribution in [0.4, 0.5) is 11.6 Å². The van der Waals surface area contributed by atoms with E-state index in [9.17, 15) is 0 Å². The molecule has 1 saturated carbocycles. The Morgan fingerprint density at radius 2 is 2.11 bits per heavy atom. The lowest BCUT2D eigenvalue weighted by atomic mass is 10.3. The van der Waals surface area contributed by atoms with Crippen LogP contribution in [0, 0.1) is 6.92 Å². The summed E-state index contributed by atoms with van der Waals surface area (Å²) < 4.78 is 0. The molecule has 1 aliphatic rings. The van der Waals surface area contributed by atoms with E-state index in [0.717, 1.165) is 22.5 Å². The number of hydrogen-bond acceptors (Lipinski definition) is 6. The molecule has 0 radical (unpaired) electrons. The average Bonchev–Trinajstić information content (AvgIpc) is 3.19. The molecule has 2 aromatic rings. The van der Waals surface area contributed by atoms with E-state index in [0.29, 0.717) is 12.5 Å². The molecular weight excluding hydrogens is 258 g/mol. The topological polar surface area (TPSA) is 62.7 Å². The molecule has 0 atom stereocenters. The number of anilines is 2. The molecule has 6 heteroatoms. The summed E-state index contributed by atoms with van der Waals surface area (Å²) in [7, 11) is 1.88. The number of thiazole rings is 1. The Morgan fingerprint density at radius 1 is 1.32 bits per heavy atom. The Bertz CT molecular complexity index is 576. The Labute approximate surface area is 116 Å². The van der Waals surface area contributed by atoms with E-state index in [1.807, 2.05) is 19.3 Å². The summed E-state index contributed by atoms with van der Waals surface area (Å²) in [5, 5.41) is 7.50. The first-order valence-electron chi connectivity index (χ1n) is 6.46. The minimum Gasteiger partial charge on any atom is -0.373 e. The fraction of sp³-hybridized carbons (Fsp3) is 0.462. The largest absolute Gasteiger partial charge is 0.373 e. The van der Waals surface area contributed by atoms with Crippen LogP contribution in [0.15, 0.2) is 12.3 Å². The first-order chi connectivity index (χ1) is 9.24. The van der Waals surface area contributed by atoms with Gasteiger partial charge in [-0.1, -0.05) is 0 Å². The lowest BCUT2D eigenvalue weighted by Gasteiger charge is -2.08. The molecule has 2 aromatic heterocycles. The Hall–Kier alpha value is -1.69. The van der Waals surface area contributed by atoms with Crippen molar-refractivity contribution in [1.29, 1.82) is 0 Å². The van der Waals surface area contributed by atoms with Gasteiger partial charge in [0, 0.05) is 30.1 Å². The third kappa shape index (κ3) is 3.01. The lowest BCUT2D eigenvalue weighted by molar-refractivity contribution is 0.921. The summed E-state index contributed by atoms with van der Waals surface area (Å²) in [6, 6.07) is 1.94. The molecule has 2 heterocycles. The third-order valence-electron chi connectivity index (χ3n) is 3.03. The maximum atomic E-state index is 4.58. The molecule has 1 fully saturated rings. The molecule has 0 amide bonds. The first kappa shape index (κ1) is 12.3. The third-order valence-corrected chi connectivity index (χ3v) is 3.94. The summed E-state index contributed by atoms with van der Waals surface area (Å²) in [6.45, 7) is 2.78. The van der Waals surface area contributed by atoms with Gasteiger partial charge in [-0.05, 0) is 19.8 Å². The molecule has 1 aliphatic carbocycles. The van der Waals surface area contributed by atoms with Gasteiger partial charge >= 0.3 is 0 Å². The minimum absolute atomic E-state index is 0.552. The number of hydrogen-bond donors (Lipinski definition) is 2. The number of aryl methyl sites for hydroxylation is 1. The molecule has 19 heavy (non-hydrogen) atoms. The molecule has 2 N–H and O–H groups in total. The van der Waals surface area contributed by atoms with Crippen LogP contribution >= 0.6 is 11.3 Å². The molecule has 0 saturated heterocycles. The van der Waals surface area contributed by atoms with Gasteiger partial charge in [-0.25, -0.2) is 15.0 Å². The molecular formula is C13H17N5S. The van der Waals surface area contributed by atoms with Gasteiger partial charge in [0.15, 0.2) is 0 Å². The van der Waals surface area contributed by atoms with Crippen LogP contribution < -0.4 is 10.6 Å². The Morgan fingerprint density at radius 3 is 2.74 bits per heavy atom. The maximum absolute atomic E-state index is 4.58. The fourth-order valence-electron chi connectivity index (χ4n) is 1.86. The molecule has 3 rings (SSSR count). The van der Waals surface area contributed by atoms with Gasteiger partial charge in [-0.15, -0.1) is 11.3 Å². The van der Waals surface area contributed by atoms with Crippen LogP contribution in [0.3, 0.4) is 0 Å². The highest BCUT2D eigenvalue weighted by atomic mass is 32.1. The first-order valence-corrected chi connectivity index (χ1v) is 7.28. The summed E-state index contributed by atoms with van der Waals surface area (Å²) in [6.07, 6.45) is 4.31. The molecule has 0 aliphatic heterocycles. The minimum atomic E-state index is 0.552. The summed E-state index contributed by atoms with van der Waals surface area (Å²) in [5.74, 6) is 3.24. The zero-order valence-corrected chi connectivity index (χ0v) is 11.9. The monoisotopic (exact) mass is 275 g/mol. The van der Waals surface area contributed by atoms with Crippen LogP contribution in [0.2, 0.25) is 0 Å². The van der Waals surface area contributed by atoms with E-state index in [-0.39, 0.29) is 0 Å². The van der Waals surface area contributed by atoms with Crippen molar-refractivity contribution in [3.63, 3.8) is 0 Å². The summed E-state index contributed by atoms with van der Waals surface area (Å²) in [5.41, 5.74) is 0. The second kappa shape index (κ2) is 5.13. The average molecular weight is 275 g/mol. The van der Waals surface area contributed by atoms with Crippen molar-refractivity contribution in [2.45, 2.75) is 32.2 Å². The fourth-order valence-corrected chi connectivity index (χ4v) is 2.58. The van der Waals surface area contributed by atoms with Gasteiger partial charge in [0.05, 0.1) is 6.54 Å². The molecule has 0 bridgehead atoms. The second-order valence-corrected chi connectivity index (χ2v) is 6.06. The van der Waals surface area contributed by atoms with E-state index in [4.69, 9.17) is 0 Å². The van der Waals surface area contributed by atoms with Crippen molar-refractivity contribution in [1.82, 2.24) is 15.0 Å². The van der Waals surface area contributed by atoms with Crippen molar-refractivity contribution >= 4 is 23.0 Å². The zero-order valence-electron chi connectivity index (χ0n) is 11.1. The summed E-state index contributed by atoms with van der Waals surface area (Å²) in [4.78, 5) is 14.6. The van der Waals surface area contributed by atoms with E-state index < -0.39 is 0 Å². The molecule has 0 unspecified atom stereocenters. The highest BCUT2D eigenvalue weighted by Crippen LogP contribution is 2.38. The van der Waals surface area contributed by atoms with Crippen LogP contribution in [0.25, 0.3) is 0 Å². The van der Waals surface area contributed by atoms with Crippen molar-refractivity contribution in [3.05, 3.63) is 28.0 Å². The van der Waals surface area contributed by atoms with Gasteiger partial charge in [0.2, 0.25) is 0 Å². The highest BCUT2D eigenvalue weighted by Gasteiger charge is 2.27. The van der Waals surface area contributed by atoms with Gasteiger partial charge in [0.1, 0.15) is 22.5 Å². The molecule has 100 valence electrons. The van der Waals surface area contributed by atoms with Crippen LogP contribution in [-0.4, -0.2) is 22.0 Å². The second-order valence-electron chi connectivity index (χ2n) is 4.74. The van der Waals surface area contributed by atoms with E-state index in [1.54, 1.807) is 11.3 Å². The van der Waals surface area contributed by atoms with Crippen LogP contribution in [0.1, 0.15) is 34.5 Å². The normalized spacial score (nSPS) is 14.4. The van der Waals surface area contributed by atoms with Gasteiger partial charge in [-0.2, -0.15) is 0 Å². The Kier molecular flexibility index (Phi) is 3.33. The summed E-state index contributed by atoms with van der Waals surface area (Å²) >= 11 is 1.71. The molecule has 5 nitrogen and oxygen atoms in total. The lowest BCUT2D eigenvalue weighted by Crippen LogP contribution is -2.06. The van der Waals surface area contributed by atoms with E-state index in [2.05, 4.69) is 32.5 Å². The van der Waals surface area contributed by atoms with E-state index >= 15 is 0 Å². The predicted molar refractivity (Wildman–Crippen MR) is 77.7 cm³/mol. The van der Waals surface area contributed by atoms with Crippen LogP contribution in [-0.2, 0) is 6.54 Å². The van der Waals surface area contributed by atoms with E-state index in [1.165, 1.54) is 17.7 Å². The number of nitrogens with zero attached hydrogens (tertiary/aromatic N) is 3. The van der Waals surface area contributed by atoms with Crippen molar-refractivity contribution in [2.24, 2.45) is 0 Å². The van der Waals surface area contributed by atoms with Crippen LogP contribution in [0.5, 0.6) is 0 Å². The van der Waals surface area contributed by atoms with Crippen molar-refractivity contribution in [3.8, 4) is 0 Å². The van der Waals surface area contributed by atoms with Gasteiger partial charge in [-0.3, -0.25) is 0 Å². The van der Waals surface area contributed by atoms with Gasteiger partial charge in [0.25, 0.3) is 0 Å². The highest BCUT2D eigenvalue weighted by molar-refractivity contribution is 7.11. The van der Waals surface area contributed by atoms with Crippen molar-refractivity contribution in [2.75, 3.05) is 17.7 Å². The Balaban J connectivity index is 1.74. The SMILES string of the molecule is CNc1cc(NCc2ncc(C)s2)nc(C2CC2)n1. The maximum Gasteiger partial charge on any atom is 0.136 e. The van der Waals surface area contributed by atoms with Gasteiger partial charge < -0.3 is 10.6 Å². The number of nitrogens with one attached hydrogen (secondary N) is 2. The number of rotatable bonds is 5. The standard InChI is InChI=1S/C13H17N5S/c1-8-6-16-12(19-8)7-15-11-5-10(14-2)17-13(18-11)9-3-4-9/h5-6,9H,3-4,7H2,1-2H3,(H2,14,15,17,18). The zero-order chi connectivity index (χ0) is 13.2. The predicted octanol–water partition coefficient (Wildman–Crippen LogP) is 2.77. The molecule has 0 spiro atoms. The molecule has 0 aromatic carbocycles. The smallest absolute Gasteiger partial charge is 0.136 e. The van der Waals surface area contributed by atoms with Crippen molar-refractivity contribution < 1.29 is 0 Å². The quantitative estimate of drug-likeness (QED) is 0.878. The number of aromatic nitrogens is 3.